The number of nitrogens with one attached hydrogen (secondary N) is 2. The number of piperidine rings is 1. The Morgan fingerprint density at radius 3 is 2.47 bits per heavy atom. The van der Waals surface area contributed by atoms with Crippen LogP contribution in [0.4, 0.5) is 0 Å². The summed E-state index contributed by atoms with van der Waals surface area (Å²) in [5.74, 6) is -0.749. The van der Waals surface area contributed by atoms with Crippen molar-refractivity contribution < 1.29 is 33.8 Å². The van der Waals surface area contributed by atoms with Gasteiger partial charge in [0.15, 0.2) is 11.3 Å². The Bertz CT molecular complexity index is 3260. The smallest absolute Gasteiger partial charge is 0.336 e. The van der Waals surface area contributed by atoms with Crippen LogP contribution in [0.25, 0.3) is 66.9 Å². The predicted molar refractivity (Wildman–Crippen MR) is 261 cm³/mol. The Kier molecular flexibility index (Phi) is 13.1. The molecule has 0 bridgehead atoms. The van der Waals surface area contributed by atoms with Gasteiger partial charge in [0.25, 0.3) is 11.8 Å². The molecule has 2 aliphatic heterocycles. The summed E-state index contributed by atoms with van der Waals surface area (Å²) in [4.78, 5) is 71.6. The van der Waals surface area contributed by atoms with Crippen molar-refractivity contribution in [3.05, 3.63) is 130 Å². The Morgan fingerprint density at radius 2 is 1.65 bits per heavy atom. The normalized spacial score (nSPS) is 14.0. The molecule has 0 spiro atoms. The average Bonchev–Trinajstić information content (AvgIpc) is 3.90. The lowest BCUT2D eigenvalue weighted by molar-refractivity contribution is -0.121. The molecule has 1 fully saturated rings. The maximum absolute atomic E-state index is 13.6. The van der Waals surface area contributed by atoms with Crippen LogP contribution in [0.2, 0.25) is 0 Å². The molecule has 68 heavy (non-hydrogen) atoms. The standard InChI is InChI=1S/C53H53N7O8/c1-2-59-43-12-6-5-10-32(43)28-45(59)50-57-42-27-34(52(65)58-24-8-11-35(54)31-58)15-21-44(42)60(50)25-9-23-55-48(63)13-4-3-7-22-56-51(64)33-14-18-38(53(66)67)41(26-33)49-39-19-16-36(61)29-46(39)68-47-30-37(62)17-20-40(47)49/h5-6,10,12,14-21,26-30,35,61H,2-4,7-9,11,13,22-25,31,54H2,1H3,(H,55,63)(H,56,64)(H,66,67)/t35-/m1/s1. The minimum Gasteiger partial charge on any atom is -0.508 e. The molecule has 1 atom stereocenters. The van der Waals surface area contributed by atoms with E-state index in [0.717, 1.165) is 52.8 Å². The Balaban J connectivity index is 0.805. The maximum Gasteiger partial charge on any atom is 0.336 e. The van der Waals surface area contributed by atoms with E-state index in [0.29, 0.717) is 86.9 Å². The number of carbonyl (C=O) groups excluding carboxylic acids is 3. The number of aromatic carboxylic acids is 1. The molecule has 6 N–H and O–H groups in total. The van der Waals surface area contributed by atoms with Crippen LogP contribution >= 0.6 is 0 Å². The van der Waals surface area contributed by atoms with Gasteiger partial charge in [-0.05, 0) is 117 Å². The highest BCUT2D eigenvalue weighted by molar-refractivity contribution is 6.09. The molecule has 0 radical (unpaired) electrons. The van der Waals surface area contributed by atoms with Gasteiger partial charge >= 0.3 is 5.97 Å². The highest BCUT2D eigenvalue weighted by Crippen LogP contribution is 2.42. The van der Waals surface area contributed by atoms with E-state index in [1.807, 2.05) is 35.2 Å². The molecule has 9 rings (SSSR count). The van der Waals surface area contributed by atoms with Gasteiger partial charge in [0.05, 0.1) is 22.3 Å². The van der Waals surface area contributed by atoms with Gasteiger partial charge in [-0.3, -0.25) is 19.2 Å². The van der Waals surface area contributed by atoms with Gasteiger partial charge in [-0.15, -0.1) is 0 Å². The molecule has 3 aliphatic rings. The van der Waals surface area contributed by atoms with Crippen LogP contribution < -0.4 is 21.8 Å². The minimum atomic E-state index is -1.20. The van der Waals surface area contributed by atoms with E-state index in [9.17, 15) is 34.2 Å². The molecule has 15 heteroatoms. The van der Waals surface area contributed by atoms with Crippen molar-refractivity contribution in [2.24, 2.45) is 5.73 Å². The first-order valence-corrected chi connectivity index (χ1v) is 23.2. The van der Waals surface area contributed by atoms with E-state index in [4.69, 9.17) is 15.1 Å². The number of hydrogen-bond donors (Lipinski definition) is 5. The van der Waals surface area contributed by atoms with Gasteiger partial charge < -0.3 is 45.0 Å². The van der Waals surface area contributed by atoms with Crippen molar-refractivity contribution in [1.82, 2.24) is 29.7 Å². The number of benzene rings is 5. The van der Waals surface area contributed by atoms with Crippen molar-refractivity contribution in [2.75, 3.05) is 26.2 Å². The third-order valence-electron chi connectivity index (χ3n) is 12.8. The monoisotopic (exact) mass is 915 g/mol. The quantitative estimate of drug-likeness (QED) is 0.0465. The number of carbonyl (C=O) groups is 4. The molecule has 1 aliphatic carbocycles. The lowest BCUT2D eigenvalue weighted by atomic mass is 9.89. The summed E-state index contributed by atoms with van der Waals surface area (Å²) >= 11 is 0. The van der Waals surface area contributed by atoms with E-state index in [-0.39, 0.29) is 57.1 Å². The van der Waals surface area contributed by atoms with Crippen molar-refractivity contribution in [2.45, 2.75) is 71.0 Å². The molecule has 15 nitrogen and oxygen atoms in total. The number of nitrogens with zero attached hydrogens (tertiary/aromatic N) is 4. The lowest BCUT2D eigenvalue weighted by Crippen LogP contribution is -2.45. The predicted octanol–water partition coefficient (Wildman–Crippen LogP) is 8.02. The van der Waals surface area contributed by atoms with Gasteiger partial charge in [0.2, 0.25) is 5.91 Å². The fourth-order valence-corrected chi connectivity index (χ4v) is 9.47. The number of rotatable bonds is 16. The molecule has 3 amide bonds. The fourth-order valence-electron chi connectivity index (χ4n) is 9.47. The average molecular weight is 916 g/mol. The second-order valence-electron chi connectivity index (χ2n) is 17.4. The summed E-state index contributed by atoms with van der Waals surface area (Å²) in [6.45, 7) is 5.49. The zero-order valence-electron chi connectivity index (χ0n) is 37.8. The molecule has 1 saturated heterocycles. The van der Waals surface area contributed by atoms with Crippen LogP contribution in [0.3, 0.4) is 0 Å². The number of likely N-dealkylation sites (tertiary alicyclic amines) is 1. The number of phenols is 1. The van der Waals surface area contributed by atoms with Crippen molar-refractivity contribution in [3.63, 3.8) is 0 Å². The zero-order chi connectivity index (χ0) is 47.5. The number of nitrogens with two attached hydrogens (primary N) is 1. The number of aromatic hydroxyl groups is 1. The van der Waals surface area contributed by atoms with Gasteiger partial charge in [-0.25, -0.2) is 9.78 Å². The largest absolute Gasteiger partial charge is 0.508 e. The number of para-hydroxylation sites is 1. The van der Waals surface area contributed by atoms with Crippen molar-refractivity contribution in [1.29, 1.82) is 0 Å². The van der Waals surface area contributed by atoms with Crippen LogP contribution in [0, 0.1) is 0 Å². The van der Waals surface area contributed by atoms with Crippen LogP contribution in [-0.2, 0) is 17.9 Å². The molecule has 0 unspecified atom stereocenters. The Hall–Kier alpha value is -7.78. The number of amides is 3. The van der Waals surface area contributed by atoms with Crippen LogP contribution in [0.1, 0.15) is 82.9 Å². The van der Waals surface area contributed by atoms with Crippen molar-refractivity contribution >= 4 is 56.6 Å². The summed E-state index contributed by atoms with van der Waals surface area (Å²) in [5, 5.41) is 27.9. The zero-order valence-corrected chi connectivity index (χ0v) is 37.8. The molecule has 2 aromatic heterocycles. The first kappa shape index (κ1) is 45.4. The number of imidazole rings is 1. The molecular weight excluding hydrogens is 863 g/mol. The van der Waals surface area contributed by atoms with E-state index in [1.54, 1.807) is 12.1 Å². The first-order chi connectivity index (χ1) is 33.0. The third-order valence-corrected chi connectivity index (χ3v) is 12.8. The van der Waals surface area contributed by atoms with E-state index >= 15 is 0 Å². The number of phenolic OH excluding ortho intramolecular Hbond substituents is 1. The van der Waals surface area contributed by atoms with Gasteiger partial charge in [0, 0.05) is 102 Å². The fraction of sp³-hybridized carbons (Fsp3) is 0.283. The number of aryl methyl sites for hydroxylation is 2. The number of unbranched alkanes of at least 4 members (excludes halogenated alkanes) is 2. The number of fused-ring (bicyclic) bond motifs is 4. The van der Waals surface area contributed by atoms with E-state index in [2.05, 4.69) is 44.9 Å². The summed E-state index contributed by atoms with van der Waals surface area (Å²) in [6.07, 6.45) is 4.73. The first-order valence-electron chi connectivity index (χ1n) is 23.2. The topological polar surface area (TPSA) is 215 Å². The Morgan fingerprint density at radius 1 is 0.824 bits per heavy atom. The van der Waals surface area contributed by atoms with Gasteiger partial charge in [-0.2, -0.15) is 0 Å². The summed E-state index contributed by atoms with van der Waals surface area (Å²) in [7, 11) is 0. The summed E-state index contributed by atoms with van der Waals surface area (Å²) in [5.41, 5.74) is 11.8. The highest BCUT2D eigenvalue weighted by atomic mass is 16.4. The van der Waals surface area contributed by atoms with E-state index in [1.165, 1.54) is 42.5 Å². The highest BCUT2D eigenvalue weighted by Gasteiger charge is 2.26. The molecular formula is C53H53N7O8. The van der Waals surface area contributed by atoms with Gasteiger partial charge in [0.1, 0.15) is 17.1 Å². The van der Waals surface area contributed by atoms with Crippen molar-refractivity contribution in [3.8, 4) is 39.7 Å². The number of carboxylic acid groups (broad SMARTS) is 1. The molecule has 4 aromatic carbocycles. The van der Waals surface area contributed by atoms with Crippen LogP contribution in [-0.4, -0.2) is 85.1 Å². The SMILES string of the molecule is CCn1c(-c2nc3cc(C(=O)N4CCC[C@@H](N)C4)ccc3n2CCCNC(=O)CCCCCNC(=O)c2ccc(C(=O)O)c(-c3c4ccc(=O)cc-4oc4cc(O)ccc34)c2)cc2ccccc21. The number of carboxylic acids is 1. The second kappa shape index (κ2) is 19.6. The summed E-state index contributed by atoms with van der Waals surface area (Å²) in [6, 6.07) is 29.1. The van der Waals surface area contributed by atoms with E-state index < -0.39 is 11.9 Å². The maximum atomic E-state index is 13.6. The molecule has 4 heterocycles. The lowest BCUT2D eigenvalue weighted by Gasteiger charge is -2.30. The Labute approximate surface area is 391 Å². The molecule has 0 saturated carbocycles. The molecule has 6 aromatic rings. The number of hydrogen-bond acceptors (Lipinski definition) is 9. The molecule has 348 valence electrons. The third kappa shape index (κ3) is 9.29. The summed E-state index contributed by atoms with van der Waals surface area (Å²) < 4.78 is 10.4. The van der Waals surface area contributed by atoms with Crippen LogP contribution in [0.15, 0.2) is 112 Å². The second-order valence-corrected chi connectivity index (χ2v) is 17.4. The minimum absolute atomic E-state index is 0.0195. The van der Waals surface area contributed by atoms with Crippen LogP contribution in [0.5, 0.6) is 5.75 Å². The van der Waals surface area contributed by atoms with Gasteiger partial charge in [-0.1, -0.05) is 24.6 Å². The number of aromatic nitrogens is 3.